The molecular weight excluding hydrogens is 471 g/mol. The van der Waals surface area contributed by atoms with E-state index in [1.807, 2.05) is 6.07 Å². The molecule has 0 radical (unpaired) electrons. The number of alkyl halides is 3. The third-order valence-electron chi connectivity index (χ3n) is 4.33. The molecule has 0 fully saturated rings. The molecule has 2 aromatic rings. The van der Waals surface area contributed by atoms with Crippen molar-refractivity contribution in [2.75, 3.05) is 29.2 Å². The van der Waals surface area contributed by atoms with Crippen molar-refractivity contribution in [3.63, 3.8) is 0 Å². The number of nitrogens with zero attached hydrogens (tertiary/aromatic N) is 3. The first-order chi connectivity index (χ1) is 15.5. The van der Waals surface area contributed by atoms with Crippen molar-refractivity contribution in [2.45, 2.75) is 44.4 Å². The van der Waals surface area contributed by atoms with E-state index in [2.05, 4.69) is 25.9 Å². The van der Waals surface area contributed by atoms with Crippen LogP contribution in [-0.2, 0) is 15.8 Å². The number of anilines is 3. The number of benzene rings is 1. The zero-order valence-corrected chi connectivity index (χ0v) is 18.6. The highest BCUT2D eigenvalue weighted by molar-refractivity contribution is 7.98. The largest absolute Gasteiger partial charge is 0.416 e. The fraction of sp³-hybridized carbons (Fsp3) is 0.381. The molecule has 0 aliphatic rings. The Labute approximate surface area is 199 Å². The summed E-state index contributed by atoms with van der Waals surface area (Å²) in [7, 11) is 0. The molecule has 5 N–H and O–H groups in total. The van der Waals surface area contributed by atoms with Crippen LogP contribution in [-0.4, -0.2) is 40.6 Å². The van der Waals surface area contributed by atoms with E-state index in [0.29, 0.717) is 11.4 Å². The lowest BCUT2D eigenvalue weighted by atomic mass is 10.1. The van der Waals surface area contributed by atoms with Gasteiger partial charge < -0.3 is 21.7 Å². The fourth-order valence-corrected chi connectivity index (χ4v) is 3.35. The number of hydrogen-bond acceptors (Lipinski definition) is 8. The first kappa shape index (κ1) is 28.5. The van der Waals surface area contributed by atoms with Gasteiger partial charge in [-0.3, -0.25) is 9.59 Å². The van der Waals surface area contributed by atoms with Gasteiger partial charge in [-0.25, -0.2) is 4.98 Å². The minimum atomic E-state index is -4.56. The average Bonchev–Trinajstić information content (AvgIpc) is 2.74. The Hall–Kier alpha value is -3.53. The minimum Gasteiger partial charge on any atom is -0.368 e. The molecule has 0 unspecified atom stereocenters. The molecule has 9 nitrogen and oxygen atoms in total. The first-order valence-electron chi connectivity index (χ1n) is 9.65. The summed E-state index contributed by atoms with van der Waals surface area (Å²) in [6.45, 7) is 1.63. The zero-order valence-electron chi connectivity index (χ0n) is 17.8. The summed E-state index contributed by atoms with van der Waals surface area (Å²) in [4.78, 5) is 32.0. The van der Waals surface area contributed by atoms with Gasteiger partial charge in [0.2, 0.25) is 17.8 Å². The average molecular weight is 498 g/mol. The molecule has 1 heterocycles. The molecule has 0 aliphatic heterocycles. The summed E-state index contributed by atoms with van der Waals surface area (Å²) >= 11 is 1.17. The zero-order chi connectivity index (χ0) is 24.6. The van der Waals surface area contributed by atoms with Gasteiger partial charge in [-0.05, 0) is 37.3 Å². The summed E-state index contributed by atoms with van der Waals surface area (Å²) in [6.07, 6.45) is -2.33. The van der Waals surface area contributed by atoms with Crippen LogP contribution in [0.5, 0.6) is 0 Å². The molecule has 2 amide bonds. The Kier molecular flexibility index (Phi) is 10.6. The topological polar surface area (TPSA) is 146 Å². The van der Waals surface area contributed by atoms with E-state index in [4.69, 9.17) is 5.73 Å². The van der Waals surface area contributed by atoms with Crippen molar-refractivity contribution in [3.8, 4) is 6.07 Å². The lowest BCUT2D eigenvalue weighted by Gasteiger charge is -2.20. The highest BCUT2D eigenvalue weighted by atomic mass is 32.2. The van der Waals surface area contributed by atoms with Gasteiger partial charge in [0.15, 0.2) is 5.82 Å². The van der Waals surface area contributed by atoms with Gasteiger partial charge >= 0.3 is 6.18 Å². The second kappa shape index (κ2) is 12.6. The van der Waals surface area contributed by atoms with Gasteiger partial charge in [-0.1, -0.05) is 13.5 Å². The number of nitriles is 1. The monoisotopic (exact) mass is 497 g/mol. The molecule has 0 saturated heterocycles. The normalized spacial score (nSPS) is 11.5. The molecule has 1 aromatic heterocycles. The van der Waals surface area contributed by atoms with Crippen molar-refractivity contribution < 1.29 is 22.8 Å². The highest BCUT2D eigenvalue weighted by Gasteiger charge is 2.31. The van der Waals surface area contributed by atoms with Crippen LogP contribution in [0.15, 0.2) is 29.3 Å². The molecule has 0 saturated carbocycles. The number of nitrogens with two attached hydrogens (primary N) is 1. The van der Waals surface area contributed by atoms with Gasteiger partial charge in [0.05, 0.1) is 5.56 Å². The number of hydrogen-bond donors (Lipinski definition) is 4. The second-order valence-corrected chi connectivity index (χ2v) is 7.61. The third kappa shape index (κ3) is 8.11. The van der Waals surface area contributed by atoms with Crippen LogP contribution in [0.25, 0.3) is 0 Å². The summed E-state index contributed by atoms with van der Waals surface area (Å²) in [5.74, 6) is -0.981. The Morgan fingerprint density at radius 2 is 2.00 bits per heavy atom. The molecule has 2 rings (SSSR count). The van der Waals surface area contributed by atoms with Crippen LogP contribution in [0.3, 0.4) is 0 Å². The lowest BCUT2D eigenvalue weighted by molar-refractivity contribution is -0.137. The van der Waals surface area contributed by atoms with Gasteiger partial charge in [0.1, 0.15) is 22.7 Å². The van der Waals surface area contributed by atoms with Crippen LogP contribution in [0.2, 0.25) is 0 Å². The van der Waals surface area contributed by atoms with E-state index in [1.54, 1.807) is 6.26 Å². The van der Waals surface area contributed by atoms with Crippen molar-refractivity contribution in [3.05, 3.63) is 35.4 Å². The standard InChI is InChI=1S/C20H22F3N7O2S.CH4/c1-11(31)26-8-4-7-15(28-16-14(10-24)18(33-2)30-19(25)29-16)17(32)27-13-6-3-5-12(9-13)20(21,22)23;/h3,5-6,9,15H,4,7-8H2,1-2H3,(H,26,31)(H,27,32)(H3,25,28,29,30);1H4/t15-;/m0./s1. The summed E-state index contributed by atoms with van der Waals surface area (Å²) in [5.41, 5.74) is 4.83. The van der Waals surface area contributed by atoms with Crippen LogP contribution in [0.4, 0.5) is 30.6 Å². The van der Waals surface area contributed by atoms with Crippen molar-refractivity contribution >= 4 is 41.0 Å². The molecule has 1 aromatic carbocycles. The summed E-state index contributed by atoms with van der Waals surface area (Å²) in [5, 5.41) is 17.7. The molecular formula is C21H26F3N7O2S. The van der Waals surface area contributed by atoms with Crippen LogP contribution in [0.1, 0.15) is 38.3 Å². The predicted octanol–water partition coefficient (Wildman–Crippen LogP) is 3.64. The lowest BCUT2D eigenvalue weighted by Crippen LogP contribution is -2.36. The number of carbonyl (C=O) groups excluding carboxylic acids is 2. The van der Waals surface area contributed by atoms with Crippen molar-refractivity contribution in [1.82, 2.24) is 15.3 Å². The Bertz CT molecular complexity index is 1060. The summed E-state index contributed by atoms with van der Waals surface area (Å²) in [6, 6.07) is 5.20. The molecule has 1 atom stereocenters. The van der Waals surface area contributed by atoms with Crippen molar-refractivity contribution in [2.24, 2.45) is 0 Å². The Morgan fingerprint density at radius 1 is 1.29 bits per heavy atom. The number of nitrogen functional groups attached to an aromatic ring is 1. The molecule has 34 heavy (non-hydrogen) atoms. The Morgan fingerprint density at radius 3 is 2.59 bits per heavy atom. The quantitative estimate of drug-likeness (QED) is 0.233. The number of halogens is 3. The van der Waals surface area contributed by atoms with Gasteiger partial charge in [0.25, 0.3) is 0 Å². The number of thioether (sulfide) groups is 1. The van der Waals surface area contributed by atoms with Gasteiger partial charge in [0, 0.05) is 19.2 Å². The second-order valence-electron chi connectivity index (χ2n) is 6.82. The SMILES string of the molecule is C.CSc1nc(N)nc(N[C@@H](CCCNC(C)=O)C(=O)Nc2cccc(C(F)(F)F)c2)c1C#N. The minimum absolute atomic E-state index is 0. The molecule has 13 heteroatoms. The van der Waals surface area contributed by atoms with E-state index >= 15 is 0 Å². The highest BCUT2D eigenvalue weighted by Crippen LogP contribution is 2.31. The number of amides is 2. The summed E-state index contributed by atoms with van der Waals surface area (Å²) < 4.78 is 39.0. The molecule has 0 aliphatic carbocycles. The van der Waals surface area contributed by atoms with Crippen LogP contribution >= 0.6 is 11.8 Å². The molecule has 0 bridgehead atoms. The maximum Gasteiger partial charge on any atom is 0.416 e. The maximum absolute atomic E-state index is 13.0. The molecule has 0 spiro atoms. The maximum atomic E-state index is 13.0. The van der Waals surface area contributed by atoms with E-state index in [1.165, 1.54) is 30.8 Å². The number of nitrogens with one attached hydrogen (secondary N) is 3. The molecule has 184 valence electrons. The van der Waals surface area contributed by atoms with Crippen LogP contribution < -0.4 is 21.7 Å². The van der Waals surface area contributed by atoms with Gasteiger partial charge in [-0.15, -0.1) is 11.8 Å². The number of carbonyl (C=O) groups is 2. The first-order valence-corrected chi connectivity index (χ1v) is 10.9. The predicted molar refractivity (Wildman–Crippen MR) is 125 cm³/mol. The van der Waals surface area contributed by atoms with Gasteiger partial charge in [-0.2, -0.15) is 23.4 Å². The van der Waals surface area contributed by atoms with E-state index in [-0.39, 0.29) is 49.3 Å². The fourth-order valence-electron chi connectivity index (χ4n) is 2.82. The van der Waals surface area contributed by atoms with E-state index in [0.717, 1.165) is 12.1 Å². The van der Waals surface area contributed by atoms with E-state index < -0.39 is 23.7 Å². The Balaban J connectivity index is 0.00000578. The van der Waals surface area contributed by atoms with Crippen molar-refractivity contribution in [1.29, 1.82) is 5.26 Å². The third-order valence-corrected chi connectivity index (χ3v) is 5.01. The smallest absolute Gasteiger partial charge is 0.368 e. The van der Waals surface area contributed by atoms with Crippen LogP contribution in [0, 0.1) is 11.3 Å². The van der Waals surface area contributed by atoms with E-state index in [9.17, 15) is 28.0 Å². The number of aromatic nitrogens is 2. The number of rotatable bonds is 9.